The number of hydrogen-bond donors (Lipinski definition) is 1. The standard InChI is InChI=1S/C16H15ClN2O/c1-2-3-4-7-16(20)18-14-9-8-13(17)12-15(14)19-10-5-6-11-19/h2-12H,1H3,(H,18,20)/b3-2+,7-4+. The van der Waals surface area contributed by atoms with E-state index in [-0.39, 0.29) is 5.91 Å². The fourth-order valence-electron chi connectivity index (χ4n) is 1.75. The van der Waals surface area contributed by atoms with E-state index >= 15 is 0 Å². The average molecular weight is 287 g/mol. The van der Waals surface area contributed by atoms with Gasteiger partial charge in [-0.15, -0.1) is 0 Å². The van der Waals surface area contributed by atoms with Gasteiger partial charge in [0.05, 0.1) is 11.4 Å². The molecule has 0 spiro atoms. The van der Waals surface area contributed by atoms with Crippen molar-refractivity contribution in [1.82, 2.24) is 4.57 Å². The molecule has 0 unspecified atom stereocenters. The zero-order chi connectivity index (χ0) is 14.4. The molecule has 20 heavy (non-hydrogen) atoms. The van der Waals surface area contributed by atoms with Crippen molar-refractivity contribution >= 4 is 23.2 Å². The van der Waals surface area contributed by atoms with Crippen LogP contribution in [0.2, 0.25) is 5.02 Å². The van der Waals surface area contributed by atoms with Gasteiger partial charge in [-0.3, -0.25) is 4.79 Å². The molecular weight excluding hydrogens is 272 g/mol. The molecule has 0 bridgehead atoms. The Kier molecular flexibility index (Phi) is 4.80. The smallest absolute Gasteiger partial charge is 0.248 e. The Bertz CT molecular complexity index is 643. The van der Waals surface area contributed by atoms with Crippen molar-refractivity contribution in [3.8, 4) is 5.69 Å². The summed E-state index contributed by atoms with van der Waals surface area (Å²) >= 11 is 6.02. The van der Waals surface area contributed by atoms with Crippen LogP contribution in [-0.4, -0.2) is 10.5 Å². The summed E-state index contributed by atoms with van der Waals surface area (Å²) in [5, 5.41) is 3.47. The van der Waals surface area contributed by atoms with Crippen LogP contribution in [0.5, 0.6) is 0 Å². The average Bonchev–Trinajstić information content (AvgIpc) is 2.95. The van der Waals surface area contributed by atoms with Gasteiger partial charge in [0.2, 0.25) is 5.91 Å². The van der Waals surface area contributed by atoms with Gasteiger partial charge in [0, 0.05) is 23.5 Å². The van der Waals surface area contributed by atoms with E-state index in [2.05, 4.69) is 5.32 Å². The highest BCUT2D eigenvalue weighted by molar-refractivity contribution is 6.31. The Morgan fingerprint density at radius 3 is 2.70 bits per heavy atom. The Morgan fingerprint density at radius 1 is 1.25 bits per heavy atom. The van der Waals surface area contributed by atoms with Crippen molar-refractivity contribution in [2.45, 2.75) is 6.92 Å². The molecule has 0 aliphatic rings. The fourth-order valence-corrected chi connectivity index (χ4v) is 1.91. The molecule has 1 N–H and O–H groups in total. The summed E-state index contributed by atoms with van der Waals surface area (Å²) in [4.78, 5) is 11.8. The van der Waals surface area contributed by atoms with Gasteiger partial charge in [-0.05, 0) is 37.3 Å². The number of carbonyl (C=O) groups is 1. The molecule has 0 radical (unpaired) electrons. The van der Waals surface area contributed by atoms with Crippen LogP contribution in [0.3, 0.4) is 0 Å². The molecule has 0 saturated carbocycles. The van der Waals surface area contributed by atoms with Gasteiger partial charge in [0.15, 0.2) is 0 Å². The normalized spacial score (nSPS) is 11.3. The number of carbonyl (C=O) groups excluding carboxylic acids is 1. The number of aromatic nitrogens is 1. The molecule has 1 aromatic carbocycles. The molecule has 0 atom stereocenters. The van der Waals surface area contributed by atoms with E-state index in [4.69, 9.17) is 11.6 Å². The third kappa shape index (κ3) is 3.62. The van der Waals surface area contributed by atoms with Crippen LogP contribution < -0.4 is 5.32 Å². The highest BCUT2D eigenvalue weighted by Crippen LogP contribution is 2.24. The minimum atomic E-state index is -0.182. The molecule has 2 rings (SSSR count). The molecule has 4 heteroatoms. The number of benzene rings is 1. The highest BCUT2D eigenvalue weighted by Gasteiger charge is 2.07. The largest absolute Gasteiger partial charge is 0.322 e. The monoisotopic (exact) mass is 286 g/mol. The van der Waals surface area contributed by atoms with Crippen molar-refractivity contribution < 1.29 is 4.79 Å². The number of nitrogens with zero attached hydrogens (tertiary/aromatic N) is 1. The molecular formula is C16H15ClN2O. The molecule has 1 amide bonds. The molecule has 102 valence electrons. The number of anilines is 1. The van der Waals surface area contributed by atoms with E-state index in [1.54, 1.807) is 24.3 Å². The van der Waals surface area contributed by atoms with Gasteiger partial charge in [0.25, 0.3) is 0 Å². The van der Waals surface area contributed by atoms with Crippen LogP contribution in [0.4, 0.5) is 5.69 Å². The topological polar surface area (TPSA) is 34.0 Å². The molecule has 2 aromatic rings. The molecule has 1 heterocycles. The number of amides is 1. The van der Waals surface area contributed by atoms with Crippen molar-refractivity contribution in [3.63, 3.8) is 0 Å². The zero-order valence-electron chi connectivity index (χ0n) is 11.1. The Balaban J connectivity index is 2.26. The summed E-state index contributed by atoms with van der Waals surface area (Å²) in [5.74, 6) is -0.182. The Morgan fingerprint density at radius 2 is 2.00 bits per heavy atom. The van der Waals surface area contributed by atoms with Crippen molar-refractivity contribution in [1.29, 1.82) is 0 Å². The maximum atomic E-state index is 11.8. The van der Waals surface area contributed by atoms with Gasteiger partial charge in [-0.25, -0.2) is 0 Å². The van der Waals surface area contributed by atoms with Crippen molar-refractivity contribution in [2.24, 2.45) is 0 Å². The Hall–Kier alpha value is -2.26. The maximum Gasteiger partial charge on any atom is 0.248 e. The second-order valence-corrected chi connectivity index (χ2v) is 4.56. The Labute approximate surface area is 123 Å². The summed E-state index contributed by atoms with van der Waals surface area (Å²) in [5.41, 5.74) is 1.54. The maximum absolute atomic E-state index is 11.8. The second kappa shape index (κ2) is 6.78. The van der Waals surface area contributed by atoms with Crippen LogP contribution in [-0.2, 0) is 4.79 Å². The van der Waals surface area contributed by atoms with Crippen LogP contribution in [0.15, 0.2) is 67.0 Å². The predicted octanol–water partition coefficient (Wildman–Crippen LogP) is 4.20. The SMILES string of the molecule is C/C=C/C=C/C(=O)Nc1ccc(Cl)cc1-n1cccc1. The number of halogens is 1. The molecule has 0 fully saturated rings. The first kappa shape index (κ1) is 14.2. The molecule has 0 saturated heterocycles. The highest BCUT2D eigenvalue weighted by atomic mass is 35.5. The van der Waals surface area contributed by atoms with Gasteiger partial charge in [0.1, 0.15) is 0 Å². The third-order valence-electron chi connectivity index (χ3n) is 2.65. The minimum absolute atomic E-state index is 0.182. The van der Waals surface area contributed by atoms with Crippen LogP contribution in [0.1, 0.15) is 6.92 Å². The third-order valence-corrected chi connectivity index (χ3v) is 2.89. The second-order valence-electron chi connectivity index (χ2n) is 4.13. The van der Waals surface area contributed by atoms with Crippen molar-refractivity contribution in [2.75, 3.05) is 5.32 Å². The van der Waals surface area contributed by atoms with E-state index in [9.17, 15) is 4.79 Å². The lowest BCUT2D eigenvalue weighted by Gasteiger charge is -2.11. The van der Waals surface area contributed by atoms with Gasteiger partial charge >= 0.3 is 0 Å². The van der Waals surface area contributed by atoms with Gasteiger partial charge in [-0.1, -0.05) is 29.8 Å². The summed E-state index contributed by atoms with van der Waals surface area (Å²) in [6.07, 6.45) is 10.6. The van der Waals surface area contributed by atoms with Gasteiger partial charge in [-0.2, -0.15) is 0 Å². The lowest BCUT2D eigenvalue weighted by Crippen LogP contribution is -2.10. The lowest BCUT2D eigenvalue weighted by atomic mass is 10.2. The van der Waals surface area contributed by atoms with Gasteiger partial charge < -0.3 is 9.88 Å². The molecule has 3 nitrogen and oxygen atoms in total. The van der Waals surface area contributed by atoms with E-state index in [0.717, 1.165) is 5.69 Å². The number of allylic oxidation sites excluding steroid dienone is 3. The summed E-state index contributed by atoms with van der Waals surface area (Å²) in [6.45, 7) is 1.89. The predicted molar refractivity (Wildman–Crippen MR) is 83.4 cm³/mol. The summed E-state index contributed by atoms with van der Waals surface area (Å²) < 4.78 is 1.90. The minimum Gasteiger partial charge on any atom is -0.322 e. The first-order chi connectivity index (χ1) is 9.70. The summed E-state index contributed by atoms with van der Waals surface area (Å²) in [6, 6.07) is 9.18. The van der Waals surface area contributed by atoms with Crippen LogP contribution in [0, 0.1) is 0 Å². The number of nitrogens with one attached hydrogen (secondary N) is 1. The molecule has 0 aliphatic carbocycles. The quantitative estimate of drug-likeness (QED) is 0.663. The number of hydrogen-bond acceptors (Lipinski definition) is 1. The van der Waals surface area contributed by atoms with E-state index < -0.39 is 0 Å². The zero-order valence-corrected chi connectivity index (χ0v) is 11.8. The first-order valence-corrected chi connectivity index (χ1v) is 6.62. The number of rotatable bonds is 4. The molecule has 1 aromatic heterocycles. The first-order valence-electron chi connectivity index (χ1n) is 6.24. The fraction of sp³-hybridized carbons (Fsp3) is 0.0625. The van der Waals surface area contributed by atoms with Crippen molar-refractivity contribution in [3.05, 3.63) is 72.1 Å². The van der Waals surface area contributed by atoms with Crippen LogP contribution in [0.25, 0.3) is 5.69 Å². The lowest BCUT2D eigenvalue weighted by molar-refractivity contribution is -0.111. The van der Waals surface area contributed by atoms with Crippen LogP contribution >= 0.6 is 11.6 Å². The molecule has 0 aliphatic heterocycles. The van der Waals surface area contributed by atoms with E-state index in [0.29, 0.717) is 10.7 Å². The van der Waals surface area contributed by atoms with E-state index in [1.807, 2.05) is 48.2 Å². The van der Waals surface area contributed by atoms with E-state index in [1.165, 1.54) is 6.08 Å². The summed E-state index contributed by atoms with van der Waals surface area (Å²) in [7, 11) is 0.